The maximum Gasteiger partial charge on any atom is 0.337 e. The van der Waals surface area contributed by atoms with Gasteiger partial charge in [0.05, 0.1) is 12.2 Å². The third-order valence-electron chi connectivity index (χ3n) is 3.06. The number of rotatable bonds is 5. The predicted molar refractivity (Wildman–Crippen MR) is 77.8 cm³/mol. The van der Waals surface area contributed by atoms with E-state index in [1.165, 1.54) is 0 Å². The highest BCUT2D eigenvalue weighted by Crippen LogP contribution is 2.19. The van der Waals surface area contributed by atoms with Gasteiger partial charge in [-0.25, -0.2) is 4.79 Å². The Morgan fingerprint density at radius 3 is 2.60 bits per heavy atom. The first kappa shape index (κ1) is 14.1. The number of carboxylic acids is 1. The lowest BCUT2D eigenvalue weighted by atomic mass is 10.1. The number of carboxylic acid groups (broad SMARTS) is 1. The van der Waals surface area contributed by atoms with Crippen molar-refractivity contribution in [2.45, 2.75) is 20.1 Å². The first-order valence-corrected chi connectivity index (χ1v) is 6.36. The van der Waals surface area contributed by atoms with E-state index in [0.717, 1.165) is 16.7 Å². The first-order chi connectivity index (χ1) is 9.60. The summed E-state index contributed by atoms with van der Waals surface area (Å²) >= 11 is 0. The average Bonchev–Trinajstić information content (AvgIpc) is 2.45. The molecule has 0 atom stereocenters. The van der Waals surface area contributed by atoms with E-state index in [-0.39, 0.29) is 12.2 Å². The number of hydrogen-bond acceptors (Lipinski definition) is 3. The second-order valence-electron chi connectivity index (χ2n) is 4.69. The molecule has 2 aromatic carbocycles. The van der Waals surface area contributed by atoms with Crippen LogP contribution in [0, 0.1) is 6.92 Å². The zero-order chi connectivity index (χ0) is 14.5. The third kappa shape index (κ3) is 3.36. The van der Waals surface area contributed by atoms with E-state index in [9.17, 15) is 4.79 Å². The van der Waals surface area contributed by atoms with Crippen molar-refractivity contribution in [2.24, 2.45) is 0 Å². The minimum Gasteiger partial charge on any atom is -0.478 e. The van der Waals surface area contributed by atoms with Crippen LogP contribution in [0.25, 0.3) is 0 Å². The molecule has 2 rings (SSSR count). The molecule has 20 heavy (non-hydrogen) atoms. The first-order valence-electron chi connectivity index (χ1n) is 6.36. The molecular weight excluding hydrogens is 254 g/mol. The molecule has 0 heterocycles. The number of aromatic carboxylic acids is 1. The molecule has 0 amide bonds. The van der Waals surface area contributed by atoms with Crippen molar-refractivity contribution < 1.29 is 15.0 Å². The summed E-state index contributed by atoms with van der Waals surface area (Å²) in [6.45, 7) is 2.43. The van der Waals surface area contributed by atoms with Gasteiger partial charge in [0.15, 0.2) is 0 Å². The molecular formula is C16H17NO3. The van der Waals surface area contributed by atoms with Gasteiger partial charge in [-0.1, -0.05) is 30.3 Å². The van der Waals surface area contributed by atoms with Gasteiger partial charge in [-0.3, -0.25) is 0 Å². The number of nitrogens with one attached hydrogen (secondary N) is 1. The van der Waals surface area contributed by atoms with E-state index < -0.39 is 5.97 Å². The Morgan fingerprint density at radius 1 is 1.15 bits per heavy atom. The predicted octanol–water partition coefficient (Wildman–Crippen LogP) is 2.80. The second-order valence-corrected chi connectivity index (χ2v) is 4.69. The van der Waals surface area contributed by atoms with Crippen molar-refractivity contribution in [1.82, 2.24) is 0 Å². The molecule has 4 heteroatoms. The molecule has 0 saturated heterocycles. The molecule has 0 radical (unpaired) electrons. The molecule has 3 N–H and O–H groups in total. The summed E-state index contributed by atoms with van der Waals surface area (Å²) in [6.07, 6.45) is 0. The van der Waals surface area contributed by atoms with Crippen molar-refractivity contribution in [3.63, 3.8) is 0 Å². The smallest absolute Gasteiger partial charge is 0.337 e. The van der Waals surface area contributed by atoms with Gasteiger partial charge < -0.3 is 15.5 Å². The van der Waals surface area contributed by atoms with Crippen molar-refractivity contribution in [1.29, 1.82) is 0 Å². The van der Waals surface area contributed by atoms with Crippen molar-refractivity contribution >= 4 is 11.7 Å². The minimum absolute atomic E-state index is 0.00133. The van der Waals surface area contributed by atoms with Gasteiger partial charge in [-0.2, -0.15) is 0 Å². The van der Waals surface area contributed by atoms with Crippen LogP contribution in [0.4, 0.5) is 5.69 Å². The van der Waals surface area contributed by atoms with E-state index in [2.05, 4.69) is 5.32 Å². The van der Waals surface area contributed by atoms with Crippen LogP contribution in [0.3, 0.4) is 0 Å². The quantitative estimate of drug-likeness (QED) is 0.782. The standard InChI is InChI=1S/C16H17NO3/c1-11-5-6-14(16(19)20)15(7-11)17-9-12-3-2-4-13(8-12)10-18/h2-8,17-18H,9-10H2,1H3,(H,19,20). The molecule has 0 aromatic heterocycles. The molecule has 104 valence electrons. The van der Waals surface area contributed by atoms with E-state index in [4.69, 9.17) is 10.2 Å². The number of anilines is 1. The van der Waals surface area contributed by atoms with Gasteiger partial charge >= 0.3 is 5.97 Å². The maximum atomic E-state index is 11.2. The Hall–Kier alpha value is -2.33. The van der Waals surface area contributed by atoms with E-state index >= 15 is 0 Å². The van der Waals surface area contributed by atoms with Crippen molar-refractivity contribution in [3.05, 3.63) is 64.7 Å². The van der Waals surface area contributed by atoms with Gasteiger partial charge in [-0.05, 0) is 35.7 Å². The van der Waals surface area contributed by atoms with Gasteiger partial charge in [0, 0.05) is 12.2 Å². The van der Waals surface area contributed by atoms with Crippen LogP contribution in [0.2, 0.25) is 0 Å². The largest absolute Gasteiger partial charge is 0.478 e. The molecule has 2 aromatic rings. The van der Waals surface area contributed by atoms with E-state index in [0.29, 0.717) is 12.2 Å². The molecule has 0 bridgehead atoms. The highest BCUT2D eigenvalue weighted by atomic mass is 16.4. The zero-order valence-corrected chi connectivity index (χ0v) is 11.3. The monoisotopic (exact) mass is 271 g/mol. The summed E-state index contributed by atoms with van der Waals surface area (Å²) in [5, 5.41) is 21.4. The summed E-state index contributed by atoms with van der Waals surface area (Å²) in [5.41, 5.74) is 3.70. The van der Waals surface area contributed by atoms with Crippen molar-refractivity contribution in [3.8, 4) is 0 Å². The fourth-order valence-corrected chi connectivity index (χ4v) is 2.03. The lowest BCUT2D eigenvalue weighted by Crippen LogP contribution is -2.07. The normalized spacial score (nSPS) is 10.3. The van der Waals surface area contributed by atoms with Crippen LogP contribution < -0.4 is 5.32 Å². The molecule has 0 fully saturated rings. The number of aliphatic hydroxyl groups excluding tert-OH is 1. The topological polar surface area (TPSA) is 69.6 Å². The van der Waals surface area contributed by atoms with Crippen LogP contribution in [0.15, 0.2) is 42.5 Å². The molecule has 0 saturated carbocycles. The van der Waals surface area contributed by atoms with Crippen LogP contribution in [-0.2, 0) is 13.2 Å². The highest BCUT2D eigenvalue weighted by molar-refractivity contribution is 5.94. The Kier molecular flexibility index (Phi) is 4.38. The van der Waals surface area contributed by atoms with Gasteiger partial charge in [-0.15, -0.1) is 0 Å². The number of aliphatic hydroxyl groups is 1. The summed E-state index contributed by atoms with van der Waals surface area (Å²) < 4.78 is 0. The third-order valence-corrected chi connectivity index (χ3v) is 3.06. The summed E-state index contributed by atoms with van der Waals surface area (Å²) in [7, 11) is 0. The number of aryl methyl sites for hydroxylation is 1. The van der Waals surface area contributed by atoms with E-state index in [1.807, 2.05) is 37.3 Å². The molecule has 0 aliphatic heterocycles. The fraction of sp³-hybridized carbons (Fsp3) is 0.188. The summed E-state index contributed by atoms with van der Waals surface area (Å²) in [4.78, 5) is 11.2. The van der Waals surface area contributed by atoms with Gasteiger partial charge in [0.1, 0.15) is 0 Å². The summed E-state index contributed by atoms with van der Waals surface area (Å²) in [6, 6.07) is 12.7. The Labute approximate surface area is 117 Å². The number of benzene rings is 2. The van der Waals surface area contributed by atoms with Crippen LogP contribution >= 0.6 is 0 Å². The molecule has 0 unspecified atom stereocenters. The molecule has 0 aliphatic rings. The molecule has 4 nitrogen and oxygen atoms in total. The lowest BCUT2D eigenvalue weighted by molar-refractivity contribution is 0.0698. The number of hydrogen-bond donors (Lipinski definition) is 3. The van der Waals surface area contributed by atoms with Gasteiger partial charge in [0.25, 0.3) is 0 Å². The SMILES string of the molecule is Cc1ccc(C(=O)O)c(NCc2cccc(CO)c2)c1. The van der Waals surface area contributed by atoms with Crippen LogP contribution in [-0.4, -0.2) is 16.2 Å². The Balaban J connectivity index is 2.17. The zero-order valence-electron chi connectivity index (χ0n) is 11.3. The average molecular weight is 271 g/mol. The van der Waals surface area contributed by atoms with Crippen LogP contribution in [0.5, 0.6) is 0 Å². The minimum atomic E-state index is -0.948. The van der Waals surface area contributed by atoms with Gasteiger partial charge in [0.2, 0.25) is 0 Å². The Morgan fingerprint density at radius 2 is 1.90 bits per heavy atom. The highest BCUT2D eigenvalue weighted by Gasteiger charge is 2.09. The van der Waals surface area contributed by atoms with Crippen molar-refractivity contribution in [2.75, 3.05) is 5.32 Å². The number of carbonyl (C=O) groups is 1. The lowest BCUT2D eigenvalue weighted by Gasteiger charge is -2.11. The second kappa shape index (κ2) is 6.21. The summed E-state index contributed by atoms with van der Waals surface area (Å²) in [5.74, 6) is -0.948. The van der Waals surface area contributed by atoms with Crippen LogP contribution in [0.1, 0.15) is 27.0 Å². The maximum absolute atomic E-state index is 11.2. The molecule has 0 aliphatic carbocycles. The molecule has 0 spiro atoms. The Bertz CT molecular complexity index is 623. The van der Waals surface area contributed by atoms with E-state index in [1.54, 1.807) is 12.1 Å². The fourth-order valence-electron chi connectivity index (χ4n) is 2.03.